The first kappa shape index (κ1) is 15.5. The number of hydrogen-bond acceptors (Lipinski definition) is 3. The van der Waals surface area contributed by atoms with Gasteiger partial charge in [-0.1, -0.05) is 26.0 Å². The van der Waals surface area contributed by atoms with Crippen LogP contribution in [0.2, 0.25) is 0 Å². The van der Waals surface area contributed by atoms with Gasteiger partial charge in [0.2, 0.25) is 0 Å². The van der Waals surface area contributed by atoms with Crippen LogP contribution in [0.5, 0.6) is 5.75 Å². The second-order valence-corrected chi connectivity index (χ2v) is 4.49. The van der Waals surface area contributed by atoms with Crippen LogP contribution in [0.25, 0.3) is 0 Å². The average molecular weight is 265 g/mol. The largest absolute Gasteiger partial charge is 0.484 e. The number of carbonyl (C=O) groups excluding carboxylic acids is 1. The van der Waals surface area contributed by atoms with Crippen LogP contribution in [-0.4, -0.2) is 30.3 Å². The highest BCUT2D eigenvalue weighted by Gasteiger charge is 2.05. The predicted octanol–water partition coefficient (Wildman–Crippen LogP) is 1.90. The number of rotatable bonds is 8. The monoisotopic (exact) mass is 265 g/mol. The van der Waals surface area contributed by atoms with Crippen molar-refractivity contribution in [1.29, 1.82) is 0 Å². The quantitative estimate of drug-likeness (QED) is 0.755. The molecule has 0 aliphatic rings. The van der Waals surface area contributed by atoms with E-state index >= 15 is 0 Å². The van der Waals surface area contributed by atoms with Crippen LogP contribution in [0.3, 0.4) is 0 Å². The van der Waals surface area contributed by atoms with Gasteiger partial charge in [0.25, 0.3) is 5.91 Å². The molecular formula is C15H23NO3. The molecule has 1 aromatic rings. The van der Waals surface area contributed by atoms with Crippen LogP contribution >= 0.6 is 0 Å². The van der Waals surface area contributed by atoms with Crippen LogP contribution in [0, 0.1) is 0 Å². The first-order chi connectivity index (χ1) is 9.15. The maximum atomic E-state index is 11.5. The molecule has 0 fully saturated rings. The minimum absolute atomic E-state index is 0.00931. The van der Waals surface area contributed by atoms with E-state index in [1.807, 2.05) is 31.2 Å². The van der Waals surface area contributed by atoms with Crippen molar-refractivity contribution in [3.05, 3.63) is 29.8 Å². The minimum atomic E-state index is -0.345. The maximum Gasteiger partial charge on any atom is 0.257 e. The summed E-state index contributed by atoms with van der Waals surface area (Å²) in [6, 6.07) is 7.73. The molecule has 19 heavy (non-hydrogen) atoms. The number of ether oxygens (including phenoxy) is 1. The minimum Gasteiger partial charge on any atom is -0.484 e. The highest BCUT2D eigenvalue weighted by Crippen LogP contribution is 2.13. The number of amides is 1. The van der Waals surface area contributed by atoms with E-state index in [2.05, 4.69) is 12.2 Å². The van der Waals surface area contributed by atoms with E-state index in [0.29, 0.717) is 25.1 Å². The van der Waals surface area contributed by atoms with Gasteiger partial charge in [0.1, 0.15) is 5.75 Å². The number of aryl methyl sites for hydroxylation is 1. The van der Waals surface area contributed by atoms with Crippen molar-refractivity contribution in [2.45, 2.75) is 39.2 Å². The van der Waals surface area contributed by atoms with Crippen molar-refractivity contribution in [1.82, 2.24) is 5.32 Å². The van der Waals surface area contributed by atoms with E-state index in [9.17, 15) is 9.90 Å². The maximum absolute atomic E-state index is 11.5. The molecule has 4 nitrogen and oxygen atoms in total. The van der Waals surface area contributed by atoms with Gasteiger partial charge in [0.15, 0.2) is 6.61 Å². The molecular weight excluding hydrogens is 242 g/mol. The number of benzene rings is 1. The molecule has 0 aliphatic carbocycles. The zero-order valence-electron chi connectivity index (χ0n) is 11.7. The Morgan fingerprint density at radius 3 is 2.89 bits per heavy atom. The summed E-state index contributed by atoms with van der Waals surface area (Å²) < 4.78 is 5.42. The Labute approximate surface area is 114 Å². The van der Waals surface area contributed by atoms with Crippen molar-refractivity contribution < 1.29 is 14.6 Å². The zero-order valence-corrected chi connectivity index (χ0v) is 11.7. The molecule has 0 saturated heterocycles. The summed E-state index contributed by atoms with van der Waals surface area (Å²) in [4.78, 5) is 11.5. The van der Waals surface area contributed by atoms with Gasteiger partial charge in [-0.25, -0.2) is 0 Å². The average Bonchev–Trinajstić information content (AvgIpc) is 2.45. The molecule has 0 aliphatic heterocycles. The Balaban J connectivity index is 2.25. The molecule has 2 N–H and O–H groups in total. The van der Waals surface area contributed by atoms with E-state index in [1.54, 1.807) is 0 Å². The zero-order chi connectivity index (χ0) is 14.1. The first-order valence-corrected chi connectivity index (χ1v) is 6.82. The van der Waals surface area contributed by atoms with Crippen molar-refractivity contribution in [3.8, 4) is 5.75 Å². The summed E-state index contributed by atoms with van der Waals surface area (Å²) in [5, 5.41) is 12.1. The van der Waals surface area contributed by atoms with Gasteiger partial charge in [-0.2, -0.15) is 0 Å². The van der Waals surface area contributed by atoms with Gasteiger partial charge in [0, 0.05) is 6.54 Å². The Bertz CT molecular complexity index is 393. The Morgan fingerprint density at radius 2 is 2.21 bits per heavy atom. The van der Waals surface area contributed by atoms with Gasteiger partial charge >= 0.3 is 0 Å². The normalized spacial score (nSPS) is 11.9. The predicted molar refractivity (Wildman–Crippen MR) is 75.2 cm³/mol. The molecule has 0 bridgehead atoms. The Kier molecular flexibility index (Phi) is 6.97. The van der Waals surface area contributed by atoms with Crippen LogP contribution in [0.1, 0.15) is 32.3 Å². The Hall–Kier alpha value is -1.55. The fraction of sp³-hybridized carbons (Fsp3) is 0.533. The van der Waals surface area contributed by atoms with Gasteiger partial charge in [-0.05, 0) is 37.0 Å². The number of carbonyl (C=O) groups is 1. The third-order valence-electron chi connectivity index (χ3n) is 2.95. The molecule has 0 aromatic heterocycles. The van der Waals surface area contributed by atoms with Gasteiger partial charge in [-0.3, -0.25) is 4.79 Å². The molecule has 1 amide bonds. The molecule has 4 heteroatoms. The molecule has 106 valence electrons. The summed E-state index contributed by atoms with van der Waals surface area (Å²) in [7, 11) is 0. The fourth-order valence-corrected chi connectivity index (χ4v) is 1.64. The molecule has 1 atom stereocenters. The van der Waals surface area contributed by atoms with E-state index in [0.717, 1.165) is 6.42 Å². The van der Waals surface area contributed by atoms with E-state index < -0.39 is 0 Å². The van der Waals surface area contributed by atoms with Crippen molar-refractivity contribution in [2.75, 3.05) is 13.2 Å². The molecule has 1 aromatic carbocycles. The standard InChI is InChI=1S/C15H23NO3/c1-3-12-6-5-7-14(10-12)19-11-15(18)16-9-8-13(17)4-2/h5-7,10,13,17H,3-4,8-9,11H2,1-2H3,(H,16,18). The first-order valence-electron chi connectivity index (χ1n) is 6.82. The lowest BCUT2D eigenvalue weighted by Crippen LogP contribution is -2.31. The molecule has 1 rings (SSSR count). The van der Waals surface area contributed by atoms with Gasteiger partial charge in [0.05, 0.1) is 6.10 Å². The lowest BCUT2D eigenvalue weighted by atomic mass is 10.2. The van der Waals surface area contributed by atoms with Gasteiger partial charge < -0.3 is 15.2 Å². The van der Waals surface area contributed by atoms with Crippen molar-refractivity contribution in [2.24, 2.45) is 0 Å². The summed E-state index contributed by atoms with van der Waals surface area (Å²) in [6.45, 7) is 4.47. The lowest BCUT2D eigenvalue weighted by molar-refractivity contribution is -0.123. The number of hydrogen-bond donors (Lipinski definition) is 2. The smallest absolute Gasteiger partial charge is 0.257 e. The van der Waals surface area contributed by atoms with Crippen molar-refractivity contribution in [3.63, 3.8) is 0 Å². The SMILES string of the molecule is CCc1cccc(OCC(=O)NCCC(O)CC)c1. The van der Waals surface area contributed by atoms with E-state index in [-0.39, 0.29) is 18.6 Å². The van der Waals surface area contributed by atoms with E-state index in [1.165, 1.54) is 5.56 Å². The van der Waals surface area contributed by atoms with Crippen LogP contribution in [-0.2, 0) is 11.2 Å². The Morgan fingerprint density at radius 1 is 1.42 bits per heavy atom. The molecule has 0 saturated carbocycles. The van der Waals surface area contributed by atoms with Gasteiger partial charge in [-0.15, -0.1) is 0 Å². The lowest BCUT2D eigenvalue weighted by Gasteiger charge is -2.10. The number of nitrogens with one attached hydrogen (secondary N) is 1. The van der Waals surface area contributed by atoms with E-state index in [4.69, 9.17) is 4.74 Å². The summed E-state index contributed by atoms with van der Waals surface area (Å²) in [5.74, 6) is 0.549. The number of aliphatic hydroxyl groups is 1. The third-order valence-corrected chi connectivity index (χ3v) is 2.95. The molecule has 0 radical (unpaired) electrons. The molecule has 1 unspecified atom stereocenters. The topological polar surface area (TPSA) is 58.6 Å². The second-order valence-electron chi connectivity index (χ2n) is 4.49. The van der Waals surface area contributed by atoms with Crippen LogP contribution < -0.4 is 10.1 Å². The summed E-state index contributed by atoms with van der Waals surface area (Å²) in [6.07, 6.45) is 1.88. The van der Waals surface area contributed by atoms with Crippen molar-refractivity contribution >= 4 is 5.91 Å². The second kappa shape index (κ2) is 8.53. The fourth-order valence-electron chi connectivity index (χ4n) is 1.64. The third kappa shape index (κ3) is 6.25. The summed E-state index contributed by atoms with van der Waals surface area (Å²) in [5.41, 5.74) is 1.18. The number of aliphatic hydroxyl groups excluding tert-OH is 1. The molecule has 0 heterocycles. The highest BCUT2D eigenvalue weighted by atomic mass is 16.5. The van der Waals surface area contributed by atoms with Crippen LogP contribution in [0.4, 0.5) is 0 Å². The van der Waals surface area contributed by atoms with Crippen LogP contribution in [0.15, 0.2) is 24.3 Å². The molecule has 0 spiro atoms. The highest BCUT2D eigenvalue weighted by molar-refractivity contribution is 5.77. The summed E-state index contributed by atoms with van der Waals surface area (Å²) >= 11 is 0.